The average molecular weight is 280 g/mol. The summed E-state index contributed by atoms with van der Waals surface area (Å²) in [6, 6.07) is 0.110. The van der Waals surface area contributed by atoms with E-state index in [-0.39, 0.29) is 18.1 Å². The maximum Gasteiger partial charge on any atom is 0.255 e. The molecule has 0 bridgehead atoms. The predicted octanol–water partition coefficient (Wildman–Crippen LogP) is 0.838. The van der Waals surface area contributed by atoms with E-state index in [4.69, 9.17) is 10.5 Å². The van der Waals surface area contributed by atoms with E-state index in [0.29, 0.717) is 12.1 Å². The second-order valence-electron chi connectivity index (χ2n) is 5.29. The number of nitrogens with one attached hydrogen (secondary N) is 1. The van der Waals surface area contributed by atoms with Crippen LogP contribution in [-0.4, -0.2) is 41.5 Å². The Morgan fingerprint density at radius 2 is 2.40 bits per heavy atom. The fraction of sp³-hybridized carbons (Fsp3) is 0.714. The quantitative estimate of drug-likeness (QED) is 0.809. The van der Waals surface area contributed by atoms with E-state index in [9.17, 15) is 4.79 Å². The Morgan fingerprint density at radius 3 is 3.10 bits per heavy atom. The van der Waals surface area contributed by atoms with Crippen molar-refractivity contribution in [1.82, 2.24) is 15.1 Å². The van der Waals surface area contributed by atoms with E-state index < -0.39 is 0 Å². The minimum atomic E-state index is -0.0598. The van der Waals surface area contributed by atoms with Crippen LogP contribution in [0.2, 0.25) is 0 Å². The highest BCUT2D eigenvalue weighted by Gasteiger charge is 2.29. The minimum Gasteiger partial charge on any atom is -0.379 e. The molecule has 1 fully saturated rings. The van der Waals surface area contributed by atoms with E-state index in [1.54, 1.807) is 13.3 Å². The van der Waals surface area contributed by atoms with Crippen molar-refractivity contribution in [3.63, 3.8) is 0 Å². The fourth-order valence-electron chi connectivity index (χ4n) is 2.76. The zero-order valence-corrected chi connectivity index (χ0v) is 12.3. The van der Waals surface area contributed by atoms with E-state index in [2.05, 4.69) is 10.4 Å². The van der Waals surface area contributed by atoms with Crippen molar-refractivity contribution in [2.45, 2.75) is 51.3 Å². The molecule has 0 aliphatic heterocycles. The number of rotatable bonds is 6. The van der Waals surface area contributed by atoms with Crippen LogP contribution in [0.15, 0.2) is 6.20 Å². The van der Waals surface area contributed by atoms with E-state index in [1.807, 2.05) is 11.6 Å². The predicted molar refractivity (Wildman–Crippen MR) is 76.5 cm³/mol. The van der Waals surface area contributed by atoms with E-state index in [1.165, 1.54) is 0 Å². The smallest absolute Gasteiger partial charge is 0.255 e. The lowest BCUT2D eigenvalue weighted by Gasteiger charge is -2.19. The van der Waals surface area contributed by atoms with Crippen molar-refractivity contribution in [2.24, 2.45) is 5.73 Å². The molecule has 1 aromatic rings. The number of aryl methyl sites for hydroxylation is 1. The summed E-state index contributed by atoms with van der Waals surface area (Å²) in [7, 11) is 1.70. The zero-order chi connectivity index (χ0) is 14.5. The number of amides is 1. The van der Waals surface area contributed by atoms with Crippen molar-refractivity contribution < 1.29 is 9.53 Å². The number of carbonyl (C=O) groups is 1. The number of hydrogen-bond acceptors (Lipinski definition) is 4. The highest BCUT2D eigenvalue weighted by atomic mass is 16.5. The van der Waals surface area contributed by atoms with Gasteiger partial charge in [0.25, 0.3) is 5.91 Å². The van der Waals surface area contributed by atoms with Crippen molar-refractivity contribution in [1.29, 1.82) is 0 Å². The van der Waals surface area contributed by atoms with Crippen molar-refractivity contribution >= 4 is 5.91 Å². The average Bonchev–Trinajstić information content (AvgIpc) is 3.03. The van der Waals surface area contributed by atoms with E-state index in [0.717, 1.165) is 37.9 Å². The molecule has 0 aromatic carbocycles. The molecule has 1 aliphatic rings. The number of ether oxygens (including phenoxy) is 1. The van der Waals surface area contributed by atoms with Gasteiger partial charge in [0.15, 0.2) is 0 Å². The van der Waals surface area contributed by atoms with Gasteiger partial charge in [0.1, 0.15) is 0 Å². The second kappa shape index (κ2) is 6.85. The molecular formula is C14H24N4O2. The van der Waals surface area contributed by atoms with Crippen LogP contribution in [0, 0.1) is 6.92 Å². The highest BCUT2D eigenvalue weighted by molar-refractivity contribution is 5.95. The number of nitrogens with zero attached hydrogens (tertiary/aromatic N) is 2. The molecule has 1 heterocycles. The standard InChI is InChI=1S/C14H24N4O2/c1-10-11(9-16-18(10)8-4-7-15)14(19)17-12-5-3-6-13(12)20-2/h9,12-13H,3-8,15H2,1-2H3,(H,17,19). The molecule has 1 amide bonds. The largest absolute Gasteiger partial charge is 0.379 e. The summed E-state index contributed by atoms with van der Waals surface area (Å²) < 4.78 is 7.24. The van der Waals surface area contributed by atoms with Gasteiger partial charge in [-0.2, -0.15) is 5.10 Å². The van der Waals surface area contributed by atoms with Crippen molar-refractivity contribution in [3.05, 3.63) is 17.5 Å². The summed E-state index contributed by atoms with van der Waals surface area (Å²) in [5.74, 6) is -0.0598. The van der Waals surface area contributed by atoms with E-state index >= 15 is 0 Å². The molecule has 6 heteroatoms. The third-order valence-electron chi connectivity index (χ3n) is 3.99. The lowest BCUT2D eigenvalue weighted by Crippen LogP contribution is -2.40. The van der Waals surface area contributed by atoms with Crippen LogP contribution in [0.1, 0.15) is 41.7 Å². The number of carbonyl (C=O) groups excluding carboxylic acids is 1. The Balaban J connectivity index is 2.00. The molecule has 0 radical (unpaired) electrons. The Morgan fingerprint density at radius 1 is 1.60 bits per heavy atom. The van der Waals surface area contributed by atoms with Gasteiger partial charge < -0.3 is 15.8 Å². The molecule has 1 saturated carbocycles. The first-order chi connectivity index (χ1) is 9.67. The molecule has 2 atom stereocenters. The van der Waals surface area contributed by atoms with Crippen LogP contribution >= 0.6 is 0 Å². The Labute approximate surface area is 119 Å². The normalized spacial score (nSPS) is 22.1. The fourth-order valence-corrected chi connectivity index (χ4v) is 2.76. The summed E-state index contributed by atoms with van der Waals surface area (Å²) in [4.78, 5) is 12.3. The van der Waals surface area contributed by atoms with Gasteiger partial charge in [-0.15, -0.1) is 0 Å². The number of nitrogens with two attached hydrogens (primary N) is 1. The van der Waals surface area contributed by atoms with Gasteiger partial charge in [0, 0.05) is 19.3 Å². The maximum atomic E-state index is 12.3. The summed E-state index contributed by atoms with van der Waals surface area (Å²) in [6.45, 7) is 3.29. The van der Waals surface area contributed by atoms with Crippen molar-refractivity contribution in [3.8, 4) is 0 Å². The van der Waals surface area contributed by atoms with Crippen LogP contribution in [0.25, 0.3) is 0 Å². The summed E-state index contributed by atoms with van der Waals surface area (Å²) in [6.07, 6.45) is 5.71. The lowest BCUT2D eigenvalue weighted by atomic mass is 10.2. The first-order valence-corrected chi connectivity index (χ1v) is 7.23. The number of hydrogen-bond donors (Lipinski definition) is 2. The monoisotopic (exact) mass is 280 g/mol. The maximum absolute atomic E-state index is 12.3. The molecule has 2 rings (SSSR count). The molecule has 0 saturated heterocycles. The molecule has 112 valence electrons. The van der Waals surface area contributed by atoms with Gasteiger partial charge in [0.2, 0.25) is 0 Å². The molecule has 2 unspecified atom stereocenters. The van der Waals surface area contributed by atoms with Gasteiger partial charge in [0.05, 0.1) is 23.9 Å². The molecule has 0 spiro atoms. The molecule has 6 nitrogen and oxygen atoms in total. The molecule has 1 aliphatic carbocycles. The topological polar surface area (TPSA) is 82.2 Å². The first-order valence-electron chi connectivity index (χ1n) is 7.23. The van der Waals surface area contributed by atoms with Crippen LogP contribution in [0.5, 0.6) is 0 Å². The lowest BCUT2D eigenvalue weighted by molar-refractivity contribution is 0.0722. The third-order valence-corrected chi connectivity index (χ3v) is 3.99. The van der Waals surface area contributed by atoms with Crippen LogP contribution in [0.4, 0.5) is 0 Å². The minimum absolute atomic E-state index is 0.0598. The molecular weight excluding hydrogens is 256 g/mol. The van der Waals surface area contributed by atoms with Gasteiger partial charge in [-0.25, -0.2) is 0 Å². The number of methoxy groups -OCH3 is 1. The Hall–Kier alpha value is -1.40. The number of aromatic nitrogens is 2. The van der Waals surface area contributed by atoms with Gasteiger partial charge in [-0.3, -0.25) is 9.48 Å². The third kappa shape index (κ3) is 3.19. The summed E-state index contributed by atoms with van der Waals surface area (Å²) >= 11 is 0. The molecule has 1 aromatic heterocycles. The molecule has 20 heavy (non-hydrogen) atoms. The van der Waals surface area contributed by atoms with Crippen LogP contribution < -0.4 is 11.1 Å². The second-order valence-corrected chi connectivity index (χ2v) is 5.29. The van der Waals surface area contributed by atoms with Crippen LogP contribution in [0.3, 0.4) is 0 Å². The highest BCUT2D eigenvalue weighted by Crippen LogP contribution is 2.22. The van der Waals surface area contributed by atoms with Gasteiger partial charge in [-0.05, 0) is 39.2 Å². The van der Waals surface area contributed by atoms with Gasteiger partial charge in [-0.1, -0.05) is 0 Å². The summed E-state index contributed by atoms with van der Waals surface area (Å²) in [5.41, 5.74) is 7.03. The first kappa shape index (κ1) is 15.0. The van der Waals surface area contributed by atoms with Crippen LogP contribution in [-0.2, 0) is 11.3 Å². The Kier molecular flexibility index (Phi) is 5.14. The Bertz CT molecular complexity index is 458. The molecule has 3 N–H and O–H groups in total. The van der Waals surface area contributed by atoms with Gasteiger partial charge >= 0.3 is 0 Å². The SMILES string of the molecule is COC1CCCC1NC(=O)c1cnn(CCCN)c1C. The van der Waals surface area contributed by atoms with Crippen molar-refractivity contribution in [2.75, 3.05) is 13.7 Å². The zero-order valence-electron chi connectivity index (χ0n) is 12.3. The summed E-state index contributed by atoms with van der Waals surface area (Å²) in [5, 5.41) is 7.32.